The van der Waals surface area contributed by atoms with Crippen molar-refractivity contribution in [3.8, 4) is 0 Å². The Morgan fingerprint density at radius 2 is 1.88 bits per heavy atom. The van der Waals surface area contributed by atoms with Gasteiger partial charge in [0.15, 0.2) is 0 Å². The van der Waals surface area contributed by atoms with Crippen LogP contribution in [0, 0.1) is 11.8 Å². The summed E-state index contributed by atoms with van der Waals surface area (Å²) in [6.07, 6.45) is 8.39. The third-order valence-corrected chi connectivity index (χ3v) is 3.79. The molecule has 0 aliphatic heterocycles. The molecule has 16 heavy (non-hydrogen) atoms. The molecule has 0 aromatic heterocycles. The molecular weight excluding hydrogens is 198 g/mol. The highest BCUT2D eigenvalue weighted by atomic mass is 16.5. The van der Waals surface area contributed by atoms with Gasteiger partial charge in [-0.1, -0.05) is 26.2 Å². The Bertz CT molecular complexity index is 161. The first-order valence-corrected chi connectivity index (χ1v) is 7.16. The van der Waals surface area contributed by atoms with Crippen molar-refractivity contribution in [1.29, 1.82) is 0 Å². The molecule has 0 aromatic carbocycles. The SMILES string of the molecule is CCNCC1CCCCC1CCCOCC. The van der Waals surface area contributed by atoms with E-state index < -0.39 is 0 Å². The van der Waals surface area contributed by atoms with Gasteiger partial charge in [-0.15, -0.1) is 0 Å². The van der Waals surface area contributed by atoms with Gasteiger partial charge in [0.25, 0.3) is 0 Å². The minimum Gasteiger partial charge on any atom is -0.382 e. The summed E-state index contributed by atoms with van der Waals surface area (Å²) in [5, 5.41) is 3.52. The van der Waals surface area contributed by atoms with Crippen molar-refractivity contribution >= 4 is 0 Å². The Hall–Kier alpha value is -0.0800. The van der Waals surface area contributed by atoms with E-state index in [1.54, 1.807) is 0 Å². The Balaban J connectivity index is 2.18. The van der Waals surface area contributed by atoms with E-state index in [2.05, 4.69) is 19.2 Å². The normalized spacial score (nSPS) is 25.9. The first kappa shape index (κ1) is 14.0. The van der Waals surface area contributed by atoms with Crippen molar-refractivity contribution in [3.05, 3.63) is 0 Å². The van der Waals surface area contributed by atoms with Crippen molar-refractivity contribution in [1.82, 2.24) is 5.32 Å². The maximum atomic E-state index is 5.43. The van der Waals surface area contributed by atoms with E-state index in [0.29, 0.717) is 0 Å². The van der Waals surface area contributed by atoms with Crippen LogP contribution in [-0.2, 0) is 4.74 Å². The number of hydrogen-bond acceptors (Lipinski definition) is 2. The zero-order chi connectivity index (χ0) is 11.6. The molecule has 2 unspecified atom stereocenters. The molecule has 2 nitrogen and oxygen atoms in total. The van der Waals surface area contributed by atoms with Crippen molar-refractivity contribution in [3.63, 3.8) is 0 Å². The average molecular weight is 227 g/mol. The van der Waals surface area contributed by atoms with Crippen LogP contribution < -0.4 is 5.32 Å². The van der Waals surface area contributed by atoms with Crippen LogP contribution in [0.5, 0.6) is 0 Å². The van der Waals surface area contributed by atoms with Gasteiger partial charge < -0.3 is 10.1 Å². The third kappa shape index (κ3) is 5.31. The quantitative estimate of drug-likeness (QED) is 0.643. The van der Waals surface area contributed by atoms with Crippen LogP contribution in [-0.4, -0.2) is 26.3 Å². The number of rotatable bonds is 8. The monoisotopic (exact) mass is 227 g/mol. The highest BCUT2D eigenvalue weighted by molar-refractivity contribution is 4.77. The summed E-state index contributed by atoms with van der Waals surface area (Å²) in [5.74, 6) is 1.88. The van der Waals surface area contributed by atoms with Crippen molar-refractivity contribution in [2.24, 2.45) is 11.8 Å². The molecule has 0 saturated heterocycles. The second-order valence-corrected chi connectivity index (χ2v) is 4.95. The van der Waals surface area contributed by atoms with Crippen molar-refractivity contribution in [2.75, 3.05) is 26.3 Å². The lowest BCUT2D eigenvalue weighted by atomic mass is 9.77. The average Bonchev–Trinajstić information content (AvgIpc) is 2.33. The summed E-state index contributed by atoms with van der Waals surface area (Å²) in [5.41, 5.74) is 0. The molecule has 1 fully saturated rings. The van der Waals surface area contributed by atoms with Gasteiger partial charge in [-0.05, 0) is 51.1 Å². The molecular formula is C14H29NO. The molecule has 1 rings (SSSR count). The molecule has 2 atom stereocenters. The Morgan fingerprint density at radius 1 is 1.12 bits per heavy atom. The van der Waals surface area contributed by atoms with Crippen molar-refractivity contribution in [2.45, 2.75) is 52.4 Å². The van der Waals surface area contributed by atoms with Crippen LogP contribution in [0.15, 0.2) is 0 Å². The van der Waals surface area contributed by atoms with Crippen LogP contribution >= 0.6 is 0 Å². The second-order valence-electron chi connectivity index (χ2n) is 4.95. The lowest BCUT2D eigenvalue weighted by Crippen LogP contribution is -2.30. The minimum atomic E-state index is 0.867. The van der Waals surface area contributed by atoms with Gasteiger partial charge in [0.05, 0.1) is 0 Å². The van der Waals surface area contributed by atoms with Gasteiger partial charge >= 0.3 is 0 Å². The maximum Gasteiger partial charge on any atom is 0.0465 e. The lowest BCUT2D eigenvalue weighted by Gasteiger charge is -2.31. The summed E-state index contributed by atoms with van der Waals surface area (Å²) in [6, 6.07) is 0. The van der Waals surface area contributed by atoms with E-state index in [1.807, 2.05) is 0 Å². The second kappa shape index (κ2) is 9.00. The van der Waals surface area contributed by atoms with Crippen LogP contribution in [0.3, 0.4) is 0 Å². The number of hydrogen-bond donors (Lipinski definition) is 1. The van der Waals surface area contributed by atoms with Crippen molar-refractivity contribution < 1.29 is 4.74 Å². The van der Waals surface area contributed by atoms with Crippen LogP contribution in [0.2, 0.25) is 0 Å². The van der Waals surface area contributed by atoms with Gasteiger partial charge in [0.1, 0.15) is 0 Å². The summed E-state index contributed by atoms with van der Waals surface area (Å²) in [4.78, 5) is 0. The summed E-state index contributed by atoms with van der Waals surface area (Å²) >= 11 is 0. The van der Waals surface area contributed by atoms with E-state index >= 15 is 0 Å². The Kier molecular flexibility index (Phi) is 7.87. The predicted molar refractivity (Wildman–Crippen MR) is 69.7 cm³/mol. The molecule has 0 spiro atoms. The third-order valence-electron chi connectivity index (χ3n) is 3.79. The molecule has 0 amide bonds. The molecule has 1 saturated carbocycles. The van der Waals surface area contributed by atoms with Crippen LogP contribution in [0.25, 0.3) is 0 Å². The van der Waals surface area contributed by atoms with Gasteiger partial charge in [0, 0.05) is 13.2 Å². The first-order chi connectivity index (χ1) is 7.88. The van der Waals surface area contributed by atoms with E-state index in [0.717, 1.165) is 31.6 Å². The summed E-state index contributed by atoms with van der Waals surface area (Å²) in [7, 11) is 0. The topological polar surface area (TPSA) is 21.3 Å². The lowest BCUT2D eigenvalue weighted by molar-refractivity contribution is 0.128. The smallest absolute Gasteiger partial charge is 0.0465 e. The Morgan fingerprint density at radius 3 is 2.56 bits per heavy atom. The largest absolute Gasteiger partial charge is 0.382 e. The van der Waals surface area contributed by atoms with E-state index in [4.69, 9.17) is 4.74 Å². The fraction of sp³-hybridized carbons (Fsp3) is 1.00. The van der Waals surface area contributed by atoms with Gasteiger partial charge in [-0.3, -0.25) is 0 Å². The highest BCUT2D eigenvalue weighted by Gasteiger charge is 2.23. The molecule has 0 aromatic rings. The van der Waals surface area contributed by atoms with Crippen LogP contribution in [0.1, 0.15) is 52.4 Å². The maximum absolute atomic E-state index is 5.43. The fourth-order valence-corrected chi connectivity index (χ4v) is 2.85. The van der Waals surface area contributed by atoms with Gasteiger partial charge in [-0.25, -0.2) is 0 Å². The van der Waals surface area contributed by atoms with Crippen LogP contribution in [0.4, 0.5) is 0 Å². The molecule has 0 radical (unpaired) electrons. The zero-order valence-corrected chi connectivity index (χ0v) is 11.1. The van der Waals surface area contributed by atoms with E-state index in [-0.39, 0.29) is 0 Å². The molecule has 1 N–H and O–H groups in total. The van der Waals surface area contributed by atoms with Gasteiger partial charge in [0.2, 0.25) is 0 Å². The standard InChI is InChI=1S/C14H29NO/c1-3-15-12-14-9-6-5-8-13(14)10-7-11-16-4-2/h13-15H,3-12H2,1-2H3. The van der Waals surface area contributed by atoms with E-state index in [1.165, 1.54) is 45.1 Å². The Labute approximate surface area is 101 Å². The number of ether oxygens (including phenoxy) is 1. The molecule has 1 aliphatic carbocycles. The molecule has 2 heteroatoms. The number of nitrogens with one attached hydrogen (secondary N) is 1. The predicted octanol–water partition coefficient (Wildman–Crippen LogP) is 3.22. The summed E-state index contributed by atoms with van der Waals surface area (Å²) < 4.78 is 5.43. The minimum absolute atomic E-state index is 0.867. The highest BCUT2D eigenvalue weighted by Crippen LogP contribution is 2.32. The molecule has 0 heterocycles. The molecule has 96 valence electrons. The van der Waals surface area contributed by atoms with Gasteiger partial charge in [-0.2, -0.15) is 0 Å². The zero-order valence-electron chi connectivity index (χ0n) is 11.1. The fourth-order valence-electron chi connectivity index (χ4n) is 2.85. The molecule has 0 bridgehead atoms. The molecule has 1 aliphatic rings. The summed E-state index contributed by atoms with van der Waals surface area (Å²) in [6.45, 7) is 8.45. The first-order valence-electron chi connectivity index (χ1n) is 7.16. The van der Waals surface area contributed by atoms with E-state index in [9.17, 15) is 0 Å².